The molecule has 0 bridgehead atoms. The third-order valence-corrected chi connectivity index (χ3v) is 10.8. The van der Waals surface area contributed by atoms with E-state index in [4.69, 9.17) is 0 Å². The van der Waals surface area contributed by atoms with Gasteiger partial charge in [-0.05, 0) is 81.1 Å². The molecule has 2 fully saturated rings. The van der Waals surface area contributed by atoms with Gasteiger partial charge < -0.3 is 15.3 Å². The van der Waals surface area contributed by atoms with Gasteiger partial charge in [-0.3, -0.25) is 14.4 Å². The van der Waals surface area contributed by atoms with E-state index in [-0.39, 0.29) is 29.3 Å². The van der Waals surface area contributed by atoms with Crippen LogP contribution in [0.25, 0.3) is 0 Å². The molecule has 0 radical (unpaired) electrons. The quantitative estimate of drug-likeness (QED) is 0.477. The minimum absolute atomic E-state index is 0.0677. The molecule has 0 aromatic carbocycles. The number of rotatable bonds is 6. The predicted molar refractivity (Wildman–Crippen MR) is 132 cm³/mol. The first-order chi connectivity index (χ1) is 16.2. The van der Waals surface area contributed by atoms with Crippen LogP contribution >= 0.6 is 0 Å². The summed E-state index contributed by atoms with van der Waals surface area (Å²) in [5.41, 5.74) is -0.0741. The maximum Gasteiger partial charge on any atom is 0.310 e. The van der Waals surface area contributed by atoms with Crippen molar-refractivity contribution in [3.63, 3.8) is 0 Å². The minimum Gasteiger partial charge on any atom is -0.481 e. The van der Waals surface area contributed by atoms with Crippen LogP contribution in [0.15, 0.2) is 23.3 Å². The van der Waals surface area contributed by atoms with Crippen molar-refractivity contribution in [2.24, 2.45) is 40.4 Å². The fraction of sp³-hybridized carbons (Fsp3) is 0.759. The maximum atomic E-state index is 13.9. The molecule has 0 amide bonds. The number of carboxylic acids is 1. The monoisotopic (exact) mass is 486 g/mol. The van der Waals surface area contributed by atoms with Gasteiger partial charge in [-0.1, -0.05) is 32.9 Å². The van der Waals surface area contributed by atoms with Crippen LogP contribution in [0.2, 0.25) is 0 Å². The molecule has 3 N–H and O–H groups in total. The number of carbonyl (C=O) groups excluding carboxylic acids is 2. The molecule has 0 heterocycles. The van der Waals surface area contributed by atoms with Crippen molar-refractivity contribution in [3.8, 4) is 0 Å². The number of carboxylic acid groups (broad SMARTS) is 1. The predicted octanol–water partition coefficient (Wildman–Crippen LogP) is 4.48. The van der Waals surface area contributed by atoms with Gasteiger partial charge in [0.15, 0.2) is 11.6 Å². The second kappa shape index (κ2) is 8.65. The molecule has 4 rings (SSSR count). The Morgan fingerprint density at radius 1 is 1.17 bits per heavy atom. The van der Waals surface area contributed by atoms with E-state index in [1.54, 1.807) is 13.8 Å². The van der Waals surface area contributed by atoms with Crippen LogP contribution in [-0.2, 0) is 14.4 Å². The van der Waals surface area contributed by atoms with E-state index in [1.807, 2.05) is 6.92 Å². The highest BCUT2D eigenvalue weighted by Crippen LogP contribution is 2.65. The summed E-state index contributed by atoms with van der Waals surface area (Å²) in [6.45, 7) is 13.6. The van der Waals surface area contributed by atoms with Crippen molar-refractivity contribution in [2.45, 2.75) is 97.7 Å². The minimum atomic E-state index is -1.53. The van der Waals surface area contributed by atoms with Crippen LogP contribution in [0.5, 0.6) is 0 Å². The number of hydrogen-bond acceptors (Lipinski definition) is 5. The van der Waals surface area contributed by atoms with E-state index < -0.39 is 34.9 Å². The smallest absolute Gasteiger partial charge is 0.310 e. The standard InChI is InChI=1S/C29H42O6/c1-15(17(3)26(33)34)7-8-16(2)18-9-10-19-24-20(30)13-22-27(4,12-11-23(32)29(22,6)35)25(24)21(31)14-28(18,19)5/h16-20,22,30,35H,1,7-14H2,2-6H3,(H,33,34)/t16-,17+,18-,19+,20+,22-,27+,28-,29-/m1/s1. The van der Waals surface area contributed by atoms with Crippen LogP contribution in [0.4, 0.5) is 0 Å². The highest BCUT2D eigenvalue weighted by Gasteiger charge is 2.64. The second-order valence-corrected chi connectivity index (χ2v) is 12.7. The Hall–Kier alpha value is -1.79. The first-order valence-electron chi connectivity index (χ1n) is 13.3. The summed E-state index contributed by atoms with van der Waals surface area (Å²) in [5, 5.41) is 31.7. The van der Waals surface area contributed by atoms with E-state index in [9.17, 15) is 29.7 Å². The van der Waals surface area contributed by atoms with E-state index in [1.165, 1.54) is 0 Å². The first-order valence-corrected chi connectivity index (χ1v) is 13.3. The molecule has 9 atom stereocenters. The number of allylic oxidation sites excluding steroid dienone is 1. The SMILES string of the molecule is C=C(CC[C@@H](C)[C@H]1CC[C@H]2C3=C(C(=O)C[C@]12C)[C@@]1(C)CCC(=O)[C@](C)(O)[C@@H]1C[C@@H]3O)[C@H](C)C(=O)O. The summed E-state index contributed by atoms with van der Waals surface area (Å²) < 4.78 is 0. The molecule has 0 aromatic heterocycles. The molecule has 0 saturated heterocycles. The average molecular weight is 487 g/mol. The van der Waals surface area contributed by atoms with Gasteiger partial charge in [-0.15, -0.1) is 0 Å². The summed E-state index contributed by atoms with van der Waals surface area (Å²) in [6, 6.07) is 0. The average Bonchev–Trinajstić information content (AvgIpc) is 3.12. The van der Waals surface area contributed by atoms with Crippen LogP contribution in [-0.4, -0.2) is 44.6 Å². The Balaban J connectivity index is 1.63. The number of fused-ring (bicyclic) bond motifs is 4. The van der Waals surface area contributed by atoms with Gasteiger partial charge in [0.25, 0.3) is 0 Å². The number of aliphatic carboxylic acids is 1. The lowest BCUT2D eigenvalue weighted by Gasteiger charge is -2.57. The van der Waals surface area contributed by atoms with Crippen LogP contribution in [0.1, 0.15) is 86.0 Å². The zero-order valence-corrected chi connectivity index (χ0v) is 21.9. The van der Waals surface area contributed by atoms with Crippen LogP contribution in [0, 0.1) is 40.4 Å². The molecular weight excluding hydrogens is 444 g/mol. The van der Waals surface area contributed by atoms with Gasteiger partial charge in [0.2, 0.25) is 0 Å². The first kappa shape index (κ1) is 26.3. The highest BCUT2D eigenvalue weighted by atomic mass is 16.4. The molecule has 0 aromatic rings. The van der Waals surface area contributed by atoms with Crippen molar-refractivity contribution in [1.29, 1.82) is 0 Å². The molecule has 6 heteroatoms. The van der Waals surface area contributed by atoms with Gasteiger partial charge in [0.05, 0.1) is 12.0 Å². The van der Waals surface area contributed by atoms with Gasteiger partial charge in [0, 0.05) is 29.7 Å². The van der Waals surface area contributed by atoms with Gasteiger partial charge in [-0.25, -0.2) is 0 Å². The van der Waals surface area contributed by atoms with Crippen molar-refractivity contribution in [3.05, 3.63) is 23.3 Å². The Morgan fingerprint density at radius 2 is 1.83 bits per heavy atom. The zero-order chi connectivity index (χ0) is 26.1. The second-order valence-electron chi connectivity index (χ2n) is 12.7. The van der Waals surface area contributed by atoms with Gasteiger partial charge in [0.1, 0.15) is 5.60 Å². The van der Waals surface area contributed by atoms with Crippen molar-refractivity contribution in [2.75, 3.05) is 0 Å². The number of hydrogen-bond donors (Lipinski definition) is 3. The van der Waals surface area contributed by atoms with Gasteiger partial charge in [-0.2, -0.15) is 0 Å². The fourth-order valence-electron chi connectivity index (χ4n) is 8.54. The molecule has 6 nitrogen and oxygen atoms in total. The molecule has 35 heavy (non-hydrogen) atoms. The van der Waals surface area contributed by atoms with Gasteiger partial charge >= 0.3 is 5.97 Å². The van der Waals surface area contributed by atoms with Crippen molar-refractivity contribution in [1.82, 2.24) is 0 Å². The van der Waals surface area contributed by atoms with Crippen LogP contribution in [0.3, 0.4) is 0 Å². The molecule has 4 aliphatic carbocycles. The topological polar surface area (TPSA) is 112 Å². The number of carbonyl (C=O) groups is 3. The molecule has 0 aliphatic heterocycles. The molecule has 2 saturated carbocycles. The van der Waals surface area contributed by atoms with E-state index in [2.05, 4.69) is 20.4 Å². The van der Waals surface area contributed by atoms with Crippen molar-refractivity contribution < 1.29 is 29.7 Å². The Bertz CT molecular complexity index is 991. The third-order valence-electron chi connectivity index (χ3n) is 10.8. The van der Waals surface area contributed by atoms with E-state index in [0.29, 0.717) is 43.1 Å². The van der Waals surface area contributed by atoms with E-state index in [0.717, 1.165) is 30.4 Å². The Morgan fingerprint density at radius 3 is 2.46 bits per heavy atom. The lowest BCUT2D eigenvalue weighted by atomic mass is 9.47. The summed E-state index contributed by atoms with van der Waals surface area (Å²) in [6.07, 6.45) is 4.06. The highest BCUT2D eigenvalue weighted by molar-refractivity contribution is 6.00. The summed E-state index contributed by atoms with van der Waals surface area (Å²) in [7, 11) is 0. The zero-order valence-electron chi connectivity index (χ0n) is 21.9. The summed E-state index contributed by atoms with van der Waals surface area (Å²) in [5.74, 6) is -1.30. The largest absolute Gasteiger partial charge is 0.481 e. The summed E-state index contributed by atoms with van der Waals surface area (Å²) in [4.78, 5) is 37.7. The lowest BCUT2D eigenvalue weighted by Crippen LogP contribution is -2.60. The maximum absolute atomic E-state index is 13.9. The molecule has 0 unspecified atom stereocenters. The normalized spacial score (nSPS) is 42.7. The lowest BCUT2D eigenvalue weighted by molar-refractivity contribution is -0.160. The number of aliphatic hydroxyl groups is 2. The Kier molecular flexibility index (Phi) is 6.50. The van der Waals surface area contributed by atoms with Crippen molar-refractivity contribution >= 4 is 17.5 Å². The third kappa shape index (κ3) is 3.87. The summed E-state index contributed by atoms with van der Waals surface area (Å²) >= 11 is 0. The van der Waals surface area contributed by atoms with Crippen LogP contribution < -0.4 is 0 Å². The molecule has 4 aliphatic rings. The molecule has 194 valence electrons. The molecular formula is C29H42O6. The van der Waals surface area contributed by atoms with E-state index >= 15 is 0 Å². The number of ketones is 2. The number of Topliss-reactive ketones (excluding diaryl/α,β-unsaturated/α-hetero) is 2. The Labute approximate surface area is 208 Å². The molecule has 0 spiro atoms. The number of aliphatic hydroxyl groups excluding tert-OH is 1. The fourth-order valence-corrected chi connectivity index (χ4v) is 8.54.